The van der Waals surface area contributed by atoms with Crippen molar-refractivity contribution in [1.29, 1.82) is 0 Å². The lowest BCUT2D eigenvalue weighted by molar-refractivity contribution is -0.130. The number of carbonyl (C=O) groups is 1. The summed E-state index contributed by atoms with van der Waals surface area (Å²) < 4.78 is 13.8. The van der Waals surface area contributed by atoms with E-state index < -0.39 is 0 Å². The molecule has 138 valence electrons. The van der Waals surface area contributed by atoms with Crippen LogP contribution >= 0.6 is 0 Å². The summed E-state index contributed by atoms with van der Waals surface area (Å²) in [5.74, 6) is 5.78. The summed E-state index contributed by atoms with van der Waals surface area (Å²) in [4.78, 5) is 14.0. The van der Waals surface area contributed by atoms with Crippen LogP contribution < -0.4 is 5.32 Å². The lowest BCUT2D eigenvalue weighted by Crippen LogP contribution is -2.42. The number of hydrogen-bond donors (Lipinski definition) is 2. The van der Waals surface area contributed by atoms with Crippen LogP contribution in [0.1, 0.15) is 36.1 Å². The molecule has 0 aliphatic carbocycles. The fourth-order valence-electron chi connectivity index (χ4n) is 4.20. The first-order valence-electron chi connectivity index (χ1n) is 9.13. The number of aliphatic hydroxyl groups excluding tert-OH is 1. The number of amides is 1. The molecule has 2 aliphatic rings. The third-order valence-corrected chi connectivity index (χ3v) is 5.49. The predicted octanol–water partition coefficient (Wildman–Crippen LogP) is 2.92. The van der Waals surface area contributed by atoms with Gasteiger partial charge in [-0.05, 0) is 42.3 Å². The molecule has 4 rings (SSSR count). The van der Waals surface area contributed by atoms with E-state index in [1.165, 1.54) is 6.07 Å². The molecule has 3 atom stereocenters. The average molecular weight is 364 g/mol. The third kappa shape index (κ3) is 3.17. The first-order chi connectivity index (χ1) is 13.1. The van der Waals surface area contributed by atoms with Gasteiger partial charge in [-0.25, -0.2) is 4.39 Å². The summed E-state index contributed by atoms with van der Waals surface area (Å²) in [6.07, 6.45) is 0.854. The minimum Gasteiger partial charge on any atom is -0.394 e. The zero-order valence-electron chi connectivity index (χ0n) is 15.1. The van der Waals surface area contributed by atoms with E-state index in [1.807, 2.05) is 23.1 Å². The molecule has 2 aliphatic heterocycles. The number of rotatable bonds is 1. The minimum atomic E-state index is -0.339. The molecular weight excluding hydrogens is 343 g/mol. The van der Waals surface area contributed by atoms with Crippen molar-refractivity contribution in [2.45, 2.75) is 25.4 Å². The zero-order valence-corrected chi connectivity index (χ0v) is 15.1. The van der Waals surface area contributed by atoms with Gasteiger partial charge in [0.15, 0.2) is 0 Å². The molecule has 1 saturated heterocycles. The van der Waals surface area contributed by atoms with Gasteiger partial charge in [-0.3, -0.25) is 4.79 Å². The summed E-state index contributed by atoms with van der Waals surface area (Å²) >= 11 is 0. The molecule has 0 spiro atoms. The lowest BCUT2D eigenvalue weighted by Gasteiger charge is -2.39. The molecule has 2 aromatic carbocycles. The second-order valence-corrected chi connectivity index (χ2v) is 7.08. The molecule has 0 aromatic heterocycles. The van der Waals surface area contributed by atoms with Crippen molar-refractivity contribution in [3.8, 4) is 11.8 Å². The van der Waals surface area contributed by atoms with Gasteiger partial charge in [0.25, 0.3) is 0 Å². The molecule has 5 heteroatoms. The fourth-order valence-corrected chi connectivity index (χ4v) is 4.20. The van der Waals surface area contributed by atoms with Gasteiger partial charge in [-0.2, -0.15) is 0 Å². The Balaban J connectivity index is 1.73. The average Bonchev–Trinajstić information content (AvgIpc) is 3.12. The molecule has 2 heterocycles. The van der Waals surface area contributed by atoms with Gasteiger partial charge in [0.05, 0.1) is 24.3 Å². The van der Waals surface area contributed by atoms with Gasteiger partial charge in [0, 0.05) is 30.6 Å². The van der Waals surface area contributed by atoms with Crippen molar-refractivity contribution >= 4 is 11.6 Å². The van der Waals surface area contributed by atoms with E-state index in [-0.39, 0.29) is 36.3 Å². The molecule has 4 nitrogen and oxygen atoms in total. The maximum atomic E-state index is 13.8. The van der Waals surface area contributed by atoms with Crippen molar-refractivity contribution in [2.24, 2.45) is 5.92 Å². The van der Waals surface area contributed by atoms with E-state index >= 15 is 0 Å². The molecule has 0 unspecified atom stereocenters. The smallest absolute Gasteiger partial charge is 0.219 e. The van der Waals surface area contributed by atoms with Crippen LogP contribution in [0.2, 0.25) is 0 Å². The van der Waals surface area contributed by atoms with Crippen LogP contribution in [-0.4, -0.2) is 35.1 Å². The van der Waals surface area contributed by atoms with E-state index in [9.17, 15) is 14.3 Å². The predicted molar refractivity (Wildman–Crippen MR) is 102 cm³/mol. The van der Waals surface area contributed by atoms with Crippen LogP contribution in [0.5, 0.6) is 0 Å². The highest BCUT2D eigenvalue weighted by Gasteiger charge is 2.44. The van der Waals surface area contributed by atoms with Crippen LogP contribution in [0.4, 0.5) is 10.1 Å². The number of hydrogen-bond acceptors (Lipinski definition) is 3. The third-order valence-electron chi connectivity index (χ3n) is 5.49. The molecule has 1 fully saturated rings. The van der Waals surface area contributed by atoms with Crippen LogP contribution in [0.15, 0.2) is 42.5 Å². The topological polar surface area (TPSA) is 52.6 Å². The standard InChI is InChI=1S/C22H21FN2O2/c1-14(27)25-11-10-17-21(13-26)24-20-9-7-15(12-18(20)22(17)25)6-8-16-4-2-3-5-19(16)23/h2-5,7,9,12,17,21-22,24,26H,10-11,13H2,1H3/t17-,21-,22-/m1/s1. The van der Waals surface area contributed by atoms with Gasteiger partial charge < -0.3 is 15.3 Å². The Hall–Kier alpha value is -2.84. The number of nitrogens with zero attached hydrogens (tertiary/aromatic N) is 1. The molecular formula is C22H21FN2O2. The number of benzene rings is 2. The quantitative estimate of drug-likeness (QED) is 0.765. The SMILES string of the molecule is CC(=O)N1CC[C@@H]2[C@@H](CO)Nc3ccc(C#Cc4ccccc4F)cc3[C@@H]21. The Kier molecular flexibility index (Phi) is 4.59. The number of likely N-dealkylation sites (tertiary alicyclic amines) is 1. The van der Waals surface area contributed by atoms with E-state index in [0.717, 1.165) is 23.2 Å². The first-order valence-corrected chi connectivity index (χ1v) is 9.13. The van der Waals surface area contributed by atoms with E-state index in [4.69, 9.17) is 0 Å². The maximum absolute atomic E-state index is 13.8. The van der Waals surface area contributed by atoms with Crippen LogP contribution in [-0.2, 0) is 4.79 Å². The summed E-state index contributed by atoms with van der Waals surface area (Å²) in [6.45, 7) is 2.30. The Morgan fingerprint density at radius 1 is 1.30 bits per heavy atom. The molecule has 0 bridgehead atoms. The Bertz CT molecular complexity index is 947. The minimum absolute atomic E-state index is 0.0290. The number of carbonyl (C=O) groups excluding carboxylic acids is 1. The largest absolute Gasteiger partial charge is 0.394 e. The van der Waals surface area contributed by atoms with Crippen molar-refractivity contribution < 1.29 is 14.3 Å². The normalized spacial score (nSPS) is 22.9. The van der Waals surface area contributed by atoms with Gasteiger partial charge in [0.2, 0.25) is 5.91 Å². The van der Waals surface area contributed by atoms with Gasteiger partial charge in [0.1, 0.15) is 5.82 Å². The molecule has 2 N–H and O–H groups in total. The highest BCUT2D eigenvalue weighted by molar-refractivity contribution is 5.75. The fraction of sp³-hybridized carbons (Fsp3) is 0.318. The van der Waals surface area contributed by atoms with E-state index in [0.29, 0.717) is 12.1 Å². The van der Waals surface area contributed by atoms with Gasteiger partial charge in [-0.1, -0.05) is 24.0 Å². The summed E-state index contributed by atoms with van der Waals surface area (Å²) in [5.41, 5.74) is 3.06. The van der Waals surface area contributed by atoms with Crippen LogP contribution in [0, 0.1) is 23.6 Å². The molecule has 27 heavy (non-hydrogen) atoms. The van der Waals surface area contributed by atoms with Crippen molar-refractivity contribution in [1.82, 2.24) is 4.90 Å². The number of nitrogens with one attached hydrogen (secondary N) is 1. The second kappa shape index (κ2) is 7.05. The van der Waals surface area contributed by atoms with Crippen molar-refractivity contribution in [2.75, 3.05) is 18.5 Å². The van der Waals surface area contributed by atoms with Crippen molar-refractivity contribution in [3.05, 3.63) is 65.0 Å². The highest BCUT2D eigenvalue weighted by atomic mass is 19.1. The Labute approximate surface area is 158 Å². The molecule has 2 aromatic rings. The Morgan fingerprint density at radius 2 is 2.11 bits per heavy atom. The number of anilines is 1. The monoisotopic (exact) mass is 364 g/mol. The summed E-state index contributed by atoms with van der Waals surface area (Å²) in [5, 5.41) is 13.1. The van der Waals surface area contributed by atoms with Crippen LogP contribution in [0.3, 0.4) is 0 Å². The van der Waals surface area contributed by atoms with Gasteiger partial charge >= 0.3 is 0 Å². The molecule has 0 radical (unpaired) electrons. The maximum Gasteiger partial charge on any atom is 0.219 e. The molecule has 0 saturated carbocycles. The number of aliphatic hydroxyl groups is 1. The lowest BCUT2D eigenvalue weighted by atomic mass is 9.82. The number of halogens is 1. The highest BCUT2D eigenvalue weighted by Crippen LogP contribution is 2.46. The second-order valence-electron chi connectivity index (χ2n) is 7.08. The Morgan fingerprint density at radius 3 is 2.85 bits per heavy atom. The van der Waals surface area contributed by atoms with E-state index in [1.54, 1.807) is 25.1 Å². The number of fused-ring (bicyclic) bond motifs is 3. The summed E-state index contributed by atoms with van der Waals surface area (Å²) in [6, 6.07) is 12.1. The molecule has 1 amide bonds. The van der Waals surface area contributed by atoms with Crippen LogP contribution in [0.25, 0.3) is 0 Å². The van der Waals surface area contributed by atoms with Crippen molar-refractivity contribution in [3.63, 3.8) is 0 Å². The zero-order chi connectivity index (χ0) is 19.0. The van der Waals surface area contributed by atoms with E-state index in [2.05, 4.69) is 17.2 Å². The first kappa shape index (κ1) is 17.6. The van der Waals surface area contributed by atoms with Gasteiger partial charge in [-0.15, -0.1) is 0 Å². The summed E-state index contributed by atoms with van der Waals surface area (Å²) in [7, 11) is 0.